The van der Waals surface area contributed by atoms with E-state index in [1.54, 1.807) is 7.11 Å². The predicted octanol–water partition coefficient (Wildman–Crippen LogP) is 6.20. The Balaban J connectivity index is 1.47. The van der Waals surface area contributed by atoms with Gasteiger partial charge in [-0.1, -0.05) is 38.4 Å². The highest BCUT2D eigenvalue weighted by Gasteiger charge is 2.50. The fourth-order valence-corrected chi connectivity index (χ4v) is 6.92. The number of amides is 1. The second kappa shape index (κ2) is 13.9. The maximum Gasteiger partial charge on any atom is 0.308 e. The number of nitrogens with zero attached hydrogens (tertiary/aromatic N) is 1. The van der Waals surface area contributed by atoms with Gasteiger partial charge in [-0.3, -0.25) is 14.5 Å². The molecule has 0 saturated carbocycles. The zero-order valence-electron chi connectivity index (χ0n) is 25.7. The lowest BCUT2D eigenvalue weighted by Gasteiger charge is -2.33. The van der Waals surface area contributed by atoms with Gasteiger partial charge in [-0.05, 0) is 84.7 Å². The first-order chi connectivity index (χ1) is 21.3. The van der Waals surface area contributed by atoms with E-state index in [0.717, 1.165) is 34.6 Å². The fraction of sp³-hybridized carbons (Fsp3) is 0.471. The minimum atomic E-state index is -0.913. The highest BCUT2D eigenvalue weighted by atomic mass is 35.5. The molecule has 4 atom stereocenters. The molecule has 236 valence electrons. The number of carboxylic acid groups (broad SMARTS) is 1. The van der Waals surface area contributed by atoms with Gasteiger partial charge in [0.05, 0.1) is 26.2 Å². The Morgan fingerprint density at radius 1 is 1.11 bits per heavy atom. The molecule has 1 fully saturated rings. The van der Waals surface area contributed by atoms with Crippen molar-refractivity contribution >= 4 is 29.2 Å². The molecule has 0 bridgehead atoms. The SMILES string of the molecule is CCCOC1=CCC([C@H]2[C@H](C(=O)O)[C@@H](c3cc(OC)c4c(c3)OCO4)CN2CC(=O)Nc2c(CC)cc(Cl)cc2CC)C=C1. The normalized spacial score (nSPS) is 22.5. The highest BCUT2D eigenvalue weighted by Crippen LogP contribution is 2.48. The minimum absolute atomic E-state index is 0.0365. The lowest BCUT2D eigenvalue weighted by Crippen LogP contribution is -2.44. The van der Waals surface area contributed by atoms with Gasteiger partial charge in [0.25, 0.3) is 0 Å². The summed E-state index contributed by atoms with van der Waals surface area (Å²) in [6.45, 7) is 7.20. The number of anilines is 1. The van der Waals surface area contributed by atoms with Gasteiger partial charge < -0.3 is 29.4 Å². The monoisotopic (exact) mass is 624 g/mol. The molecule has 44 heavy (non-hydrogen) atoms. The van der Waals surface area contributed by atoms with E-state index in [1.807, 2.05) is 61.2 Å². The molecule has 1 aliphatic carbocycles. The number of hydrogen-bond acceptors (Lipinski definition) is 7. The van der Waals surface area contributed by atoms with E-state index >= 15 is 0 Å². The zero-order chi connectivity index (χ0) is 31.4. The lowest BCUT2D eigenvalue weighted by atomic mass is 9.78. The van der Waals surface area contributed by atoms with Gasteiger partial charge in [0.2, 0.25) is 18.4 Å². The van der Waals surface area contributed by atoms with Crippen LogP contribution in [0.3, 0.4) is 0 Å². The lowest BCUT2D eigenvalue weighted by molar-refractivity contribution is -0.143. The Hall–Kier alpha value is -3.69. The number of carboxylic acids is 1. The van der Waals surface area contributed by atoms with Crippen molar-refractivity contribution in [2.24, 2.45) is 11.8 Å². The van der Waals surface area contributed by atoms with E-state index in [9.17, 15) is 14.7 Å². The standard InChI is InChI=1S/C34H41ClN2O7/c1-5-12-42-25-10-8-22(9-11-25)32-30(34(39)40)26(23-15-27(41-4)33-28(16-23)43-19-44-33)17-37(32)18-29(38)36-31-20(6-2)13-24(35)14-21(31)7-3/h8,10-11,13-16,22,26,30,32H,5-7,9,12,17-19H2,1-4H3,(H,36,38)(H,39,40)/t22?,26-,30-,32+/m1/s1. The summed E-state index contributed by atoms with van der Waals surface area (Å²) < 4.78 is 22.6. The van der Waals surface area contributed by atoms with Crippen LogP contribution < -0.4 is 19.5 Å². The van der Waals surface area contributed by atoms with Crippen molar-refractivity contribution in [1.29, 1.82) is 0 Å². The van der Waals surface area contributed by atoms with E-state index in [-0.39, 0.29) is 25.2 Å². The molecule has 1 amide bonds. The van der Waals surface area contributed by atoms with Crippen LogP contribution >= 0.6 is 11.6 Å². The number of rotatable bonds is 12. The second-order valence-electron chi connectivity index (χ2n) is 11.4. The molecule has 2 aromatic carbocycles. The van der Waals surface area contributed by atoms with E-state index in [0.29, 0.717) is 54.7 Å². The number of ether oxygens (including phenoxy) is 4. The van der Waals surface area contributed by atoms with Crippen molar-refractivity contribution in [1.82, 2.24) is 4.90 Å². The quantitative estimate of drug-likeness (QED) is 0.288. The third-order valence-electron chi connectivity index (χ3n) is 8.70. The maximum atomic E-state index is 13.7. The Morgan fingerprint density at radius 3 is 2.48 bits per heavy atom. The number of carbonyl (C=O) groups is 2. The average molecular weight is 625 g/mol. The number of halogens is 1. The molecule has 2 aromatic rings. The molecule has 1 saturated heterocycles. The molecule has 0 spiro atoms. The van der Waals surface area contributed by atoms with Gasteiger partial charge in [-0.15, -0.1) is 0 Å². The summed E-state index contributed by atoms with van der Waals surface area (Å²) in [5, 5.41) is 14.5. The Kier molecular flexibility index (Phi) is 10.1. The molecule has 0 aromatic heterocycles. The first-order valence-electron chi connectivity index (χ1n) is 15.3. The summed E-state index contributed by atoms with van der Waals surface area (Å²) >= 11 is 6.35. The number of nitrogens with one attached hydrogen (secondary N) is 1. The topological polar surface area (TPSA) is 107 Å². The first-order valence-corrected chi connectivity index (χ1v) is 15.7. The Bertz CT molecular complexity index is 1430. The van der Waals surface area contributed by atoms with Crippen LogP contribution in [0.4, 0.5) is 5.69 Å². The van der Waals surface area contributed by atoms with Crippen molar-refractivity contribution < 1.29 is 33.6 Å². The molecule has 1 unspecified atom stereocenters. The number of aliphatic carboxylic acids is 1. The molecule has 2 heterocycles. The molecule has 10 heteroatoms. The van der Waals surface area contributed by atoms with Crippen molar-refractivity contribution in [3.63, 3.8) is 0 Å². The van der Waals surface area contributed by atoms with Crippen LogP contribution in [0.1, 0.15) is 56.2 Å². The van der Waals surface area contributed by atoms with E-state index in [1.165, 1.54) is 0 Å². The molecular weight excluding hydrogens is 584 g/mol. The van der Waals surface area contributed by atoms with Gasteiger partial charge in [-0.2, -0.15) is 0 Å². The number of hydrogen-bond donors (Lipinski definition) is 2. The molecular formula is C34H41ClN2O7. The van der Waals surface area contributed by atoms with Gasteiger partial charge in [0.1, 0.15) is 5.76 Å². The fourth-order valence-electron chi connectivity index (χ4n) is 6.66. The average Bonchev–Trinajstić information content (AvgIpc) is 3.65. The zero-order valence-corrected chi connectivity index (χ0v) is 26.5. The second-order valence-corrected chi connectivity index (χ2v) is 11.9. The van der Waals surface area contributed by atoms with Gasteiger partial charge >= 0.3 is 5.97 Å². The van der Waals surface area contributed by atoms with Gasteiger partial charge in [-0.25, -0.2) is 0 Å². The molecule has 3 aliphatic rings. The molecule has 9 nitrogen and oxygen atoms in total. The largest absolute Gasteiger partial charge is 0.494 e. The molecule has 0 radical (unpaired) electrons. The summed E-state index contributed by atoms with van der Waals surface area (Å²) in [5.74, 6) is -0.137. The molecule has 2 N–H and O–H groups in total. The van der Waals surface area contributed by atoms with E-state index < -0.39 is 23.8 Å². The van der Waals surface area contributed by atoms with Crippen molar-refractivity contribution in [3.05, 3.63) is 70.0 Å². The Labute approximate surface area is 263 Å². The van der Waals surface area contributed by atoms with Crippen LogP contribution in [-0.2, 0) is 27.2 Å². The number of likely N-dealkylation sites (tertiary alicyclic amines) is 1. The Morgan fingerprint density at radius 2 is 1.86 bits per heavy atom. The summed E-state index contributed by atoms with van der Waals surface area (Å²) in [6, 6.07) is 7.00. The van der Waals surface area contributed by atoms with Gasteiger partial charge in [0, 0.05) is 29.2 Å². The molecule has 2 aliphatic heterocycles. The third-order valence-corrected chi connectivity index (χ3v) is 8.92. The summed E-state index contributed by atoms with van der Waals surface area (Å²) in [4.78, 5) is 28.8. The number of fused-ring (bicyclic) bond motifs is 1. The predicted molar refractivity (Wildman–Crippen MR) is 169 cm³/mol. The smallest absolute Gasteiger partial charge is 0.308 e. The van der Waals surface area contributed by atoms with E-state index in [2.05, 4.69) is 12.2 Å². The number of benzene rings is 2. The van der Waals surface area contributed by atoms with Crippen LogP contribution in [0.5, 0.6) is 17.2 Å². The van der Waals surface area contributed by atoms with Crippen LogP contribution in [0.15, 0.2) is 48.3 Å². The minimum Gasteiger partial charge on any atom is -0.494 e. The van der Waals surface area contributed by atoms with Crippen molar-refractivity contribution in [2.75, 3.05) is 38.9 Å². The van der Waals surface area contributed by atoms with Crippen molar-refractivity contribution in [2.45, 2.75) is 58.4 Å². The van der Waals surface area contributed by atoms with Gasteiger partial charge in [0.15, 0.2) is 11.5 Å². The first kappa shape index (κ1) is 31.7. The summed E-state index contributed by atoms with van der Waals surface area (Å²) in [7, 11) is 1.55. The van der Waals surface area contributed by atoms with Crippen LogP contribution in [0.25, 0.3) is 0 Å². The van der Waals surface area contributed by atoms with Crippen LogP contribution in [0, 0.1) is 11.8 Å². The number of methoxy groups -OCH3 is 1. The van der Waals surface area contributed by atoms with Crippen LogP contribution in [0.2, 0.25) is 5.02 Å². The number of allylic oxidation sites excluding steroid dienone is 2. The number of aryl methyl sites for hydroxylation is 2. The number of carbonyl (C=O) groups excluding carboxylic acids is 1. The van der Waals surface area contributed by atoms with Crippen LogP contribution in [-0.4, -0.2) is 61.5 Å². The highest BCUT2D eigenvalue weighted by molar-refractivity contribution is 6.30. The summed E-state index contributed by atoms with van der Waals surface area (Å²) in [5.41, 5.74) is 3.49. The van der Waals surface area contributed by atoms with E-state index in [4.69, 9.17) is 30.5 Å². The van der Waals surface area contributed by atoms with Crippen molar-refractivity contribution in [3.8, 4) is 17.2 Å². The maximum absolute atomic E-state index is 13.7. The summed E-state index contributed by atoms with van der Waals surface area (Å²) in [6.07, 6.45) is 8.91. The third kappa shape index (κ3) is 6.54. The molecule has 5 rings (SSSR count).